The molecule has 0 aromatic carbocycles. The SMILES string of the molecule is CC/C=C\C/C=C\C/C=C\C/C=C\C/C=C\C/C=C\C/C=C\C/C=C\C/C=C\C/C=C\CCCCCCCCC(=O)NC(COP(=O)(O)OCC[N+](C)(C)C)C(O)CCCCCCC. The normalized spacial score (nSPS) is 15.2. The summed E-state index contributed by atoms with van der Waals surface area (Å²) in [5, 5.41) is 13.7. The molecule has 0 heterocycles. The third-order valence-electron chi connectivity index (χ3n) is 10.2. The van der Waals surface area contributed by atoms with Gasteiger partial charge in [-0.25, -0.2) is 4.57 Å². The van der Waals surface area contributed by atoms with Gasteiger partial charge in [0.15, 0.2) is 0 Å². The first kappa shape index (κ1) is 60.9. The van der Waals surface area contributed by atoms with Crippen molar-refractivity contribution in [1.82, 2.24) is 5.32 Å². The van der Waals surface area contributed by atoms with Crippen LogP contribution in [0, 0.1) is 0 Å². The molecular formula is C55H94N2O6P+. The number of allylic oxidation sites excluding steroid dienone is 20. The molecule has 0 fully saturated rings. The summed E-state index contributed by atoms with van der Waals surface area (Å²) in [6.07, 6.45) is 67.2. The molecule has 0 aromatic heterocycles. The summed E-state index contributed by atoms with van der Waals surface area (Å²) in [6, 6.07) is -0.773. The summed E-state index contributed by atoms with van der Waals surface area (Å²) >= 11 is 0. The van der Waals surface area contributed by atoms with E-state index in [1.165, 1.54) is 12.8 Å². The van der Waals surface area contributed by atoms with Gasteiger partial charge in [-0.05, 0) is 89.9 Å². The lowest BCUT2D eigenvalue weighted by atomic mass is 10.0. The van der Waals surface area contributed by atoms with E-state index in [1.54, 1.807) is 0 Å². The lowest BCUT2D eigenvalue weighted by Crippen LogP contribution is -2.46. The number of nitrogens with one attached hydrogen (secondary N) is 1. The summed E-state index contributed by atoms with van der Waals surface area (Å²) < 4.78 is 23.4. The number of hydrogen-bond donors (Lipinski definition) is 3. The fraction of sp³-hybridized carbons (Fsp3) is 0.618. The van der Waals surface area contributed by atoms with Crippen LogP contribution in [0.5, 0.6) is 0 Å². The van der Waals surface area contributed by atoms with Gasteiger partial charge in [-0.2, -0.15) is 0 Å². The molecule has 8 nitrogen and oxygen atoms in total. The van der Waals surface area contributed by atoms with Crippen molar-refractivity contribution in [3.63, 3.8) is 0 Å². The van der Waals surface area contributed by atoms with Crippen molar-refractivity contribution in [3.05, 3.63) is 122 Å². The van der Waals surface area contributed by atoms with Crippen molar-refractivity contribution in [2.75, 3.05) is 40.9 Å². The van der Waals surface area contributed by atoms with E-state index in [2.05, 4.69) is 141 Å². The van der Waals surface area contributed by atoms with Crippen LogP contribution in [0.3, 0.4) is 0 Å². The van der Waals surface area contributed by atoms with Crippen LogP contribution in [0.4, 0.5) is 0 Å². The fourth-order valence-electron chi connectivity index (χ4n) is 6.31. The molecule has 0 aliphatic rings. The predicted molar refractivity (Wildman–Crippen MR) is 276 cm³/mol. The molecule has 0 saturated carbocycles. The van der Waals surface area contributed by atoms with E-state index in [1.807, 2.05) is 21.1 Å². The largest absolute Gasteiger partial charge is 0.472 e. The molecule has 0 aliphatic carbocycles. The quantitative estimate of drug-likeness (QED) is 0.0244. The number of aliphatic hydroxyl groups excluding tert-OH is 1. The Morgan fingerprint density at radius 1 is 0.547 bits per heavy atom. The van der Waals surface area contributed by atoms with Crippen LogP contribution in [0.1, 0.15) is 168 Å². The molecule has 9 heteroatoms. The van der Waals surface area contributed by atoms with Gasteiger partial charge in [-0.15, -0.1) is 0 Å². The maximum Gasteiger partial charge on any atom is 0.472 e. The summed E-state index contributed by atoms with van der Waals surface area (Å²) in [5.41, 5.74) is 0. The summed E-state index contributed by atoms with van der Waals surface area (Å²) in [4.78, 5) is 23.0. The maximum atomic E-state index is 12.8. The van der Waals surface area contributed by atoms with Crippen LogP contribution in [-0.4, -0.2) is 73.4 Å². The highest BCUT2D eigenvalue weighted by molar-refractivity contribution is 7.47. The minimum absolute atomic E-state index is 0.0639. The molecule has 0 spiro atoms. The second-order valence-electron chi connectivity index (χ2n) is 17.5. The molecule has 364 valence electrons. The predicted octanol–water partition coefficient (Wildman–Crippen LogP) is 14.6. The van der Waals surface area contributed by atoms with Gasteiger partial charge >= 0.3 is 7.82 Å². The lowest BCUT2D eigenvalue weighted by Gasteiger charge is -2.26. The van der Waals surface area contributed by atoms with E-state index < -0.39 is 20.0 Å². The van der Waals surface area contributed by atoms with Gasteiger partial charge in [0.1, 0.15) is 13.2 Å². The first-order valence-corrected chi connectivity index (χ1v) is 26.4. The lowest BCUT2D eigenvalue weighted by molar-refractivity contribution is -0.870. The Morgan fingerprint density at radius 2 is 0.938 bits per heavy atom. The molecule has 0 aromatic rings. The fourth-order valence-corrected chi connectivity index (χ4v) is 7.04. The highest BCUT2D eigenvalue weighted by Crippen LogP contribution is 2.43. The molecule has 64 heavy (non-hydrogen) atoms. The second kappa shape index (κ2) is 45.1. The van der Waals surface area contributed by atoms with Crippen molar-refractivity contribution in [1.29, 1.82) is 0 Å². The Morgan fingerprint density at radius 3 is 1.38 bits per heavy atom. The molecule has 3 atom stereocenters. The number of unbranched alkanes of at least 4 members (excludes halogenated alkanes) is 10. The van der Waals surface area contributed by atoms with Crippen molar-refractivity contribution in [2.45, 2.75) is 180 Å². The highest BCUT2D eigenvalue weighted by Gasteiger charge is 2.28. The number of rotatable bonds is 43. The van der Waals surface area contributed by atoms with Gasteiger partial charge in [-0.3, -0.25) is 13.8 Å². The Balaban J connectivity index is 4.02. The number of nitrogens with zero attached hydrogens (tertiary/aromatic N) is 1. The number of phosphoric ester groups is 1. The molecule has 3 N–H and O–H groups in total. The van der Waals surface area contributed by atoms with Crippen molar-refractivity contribution < 1.29 is 32.9 Å². The molecule has 3 unspecified atom stereocenters. The third-order valence-corrected chi connectivity index (χ3v) is 11.2. The van der Waals surface area contributed by atoms with Gasteiger partial charge in [0, 0.05) is 6.42 Å². The van der Waals surface area contributed by atoms with Gasteiger partial charge in [0.25, 0.3) is 0 Å². The van der Waals surface area contributed by atoms with Crippen LogP contribution in [0.15, 0.2) is 122 Å². The monoisotopic (exact) mass is 910 g/mol. The molecule has 0 bridgehead atoms. The summed E-state index contributed by atoms with van der Waals surface area (Å²) in [7, 11) is 1.58. The second-order valence-corrected chi connectivity index (χ2v) is 18.9. The smallest absolute Gasteiger partial charge is 0.391 e. The zero-order chi connectivity index (χ0) is 47.1. The zero-order valence-electron chi connectivity index (χ0n) is 41.2. The maximum absolute atomic E-state index is 12.8. The first-order chi connectivity index (χ1) is 31.0. The number of aliphatic hydroxyl groups is 1. The summed E-state index contributed by atoms with van der Waals surface area (Å²) in [6.45, 7) is 4.63. The van der Waals surface area contributed by atoms with Gasteiger partial charge < -0.3 is 19.8 Å². The molecule has 0 aliphatic heterocycles. The first-order valence-electron chi connectivity index (χ1n) is 24.9. The minimum atomic E-state index is -4.31. The van der Waals surface area contributed by atoms with Crippen LogP contribution < -0.4 is 5.32 Å². The topological polar surface area (TPSA) is 105 Å². The number of amides is 1. The number of phosphoric acid groups is 1. The van der Waals surface area contributed by atoms with Gasteiger partial charge in [0.05, 0.1) is 39.9 Å². The molecule has 0 saturated heterocycles. The van der Waals surface area contributed by atoms with E-state index >= 15 is 0 Å². The standard InChI is InChI=1S/C55H93N2O6P/c1-6-8-10-12-13-14-15-16-17-18-19-20-21-22-23-24-25-26-27-28-29-30-31-32-33-34-35-36-37-38-39-40-41-42-43-45-47-49-55(59)56-53(54(58)48-46-44-11-9-7-2)52-63-64(60,61)62-51-50-57(3,4)5/h8,10,13-14,16-17,19-20,22-23,25-26,28-29,31-32,34-35,37-38,53-54,58H,6-7,9,11-12,15,18,21,24,27,30,33,36,39-52H2,1-5H3,(H-,56,59,60,61)/p+1/b10-8-,14-13-,17-16-,20-19-,23-22-,26-25-,29-28-,32-31-,35-34-,38-37-. The number of quaternary nitrogens is 1. The number of hydrogen-bond acceptors (Lipinski definition) is 5. The molecule has 1 amide bonds. The number of likely N-dealkylation sites (N-methyl/N-ethyl adjacent to an activating group) is 1. The number of carbonyl (C=O) groups is 1. The van der Waals surface area contributed by atoms with E-state index in [4.69, 9.17) is 9.05 Å². The minimum Gasteiger partial charge on any atom is -0.391 e. The average molecular weight is 910 g/mol. The Kier molecular flexibility index (Phi) is 42.9. The van der Waals surface area contributed by atoms with E-state index in [9.17, 15) is 19.4 Å². The van der Waals surface area contributed by atoms with Gasteiger partial charge in [-0.1, -0.05) is 193 Å². The Bertz CT molecular complexity index is 1450. The average Bonchev–Trinajstić information content (AvgIpc) is 3.25. The summed E-state index contributed by atoms with van der Waals surface area (Å²) in [5.74, 6) is -0.173. The molecule has 0 radical (unpaired) electrons. The van der Waals surface area contributed by atoms with Crippen LogP contribution in [-0.2, 0) is 18.4 Å². The number of carbonyl (C=O) groups excluding carboxylic acids is 1. The van der Waals surface area contributed by atoms with Crippen LogP contribution >= 0.6 is 7.82 Å². The van der Waals surface area contributed by atoms with E-state index in [-0.39, 0.29) is 19.1 Å². The molecular weight excluding hydrogens is 816 g/mol. The van der Waals surface area contributed by atoms with Crippen molar-refractivity contribution >= 4 is 13.7 Å². The Labute approximate surface area is 393 Å². The van der Waals surface area contributed by atoms with Gasteiger partial charge in [0.2, 0.25) is 5.91 Å². The Hall–Kier alpha value is -3.10. The van der Waals surface area contributed by atoms with E-state index in [0.717, 1.165) is 128 Å². The van der Waals surface area contributed by atoms with Crippen molar-refractivity contribution in [3.8, 4) is 0 Å². The zero-order valence-corrected chi connectivity index (χ0v) is 42.1. The van der Waals surface area contributed by atoms with Crippen LogP contribution in [0.2, 0.25) is 0 Å². The highest BCUT2D eigenvalue weighted by atomic mass is 31.2. The third kappa shape index (κ3) is 46.9. The van der Waals surface area contributed by atoms with Crippen LogP contribution in [0.25, 0.3) is 0 Å². The van der Waals surface area contributed by atoms with Crippen molar-refractivity contribution in [2.24, 2.45) is 0 Å². The van der Waals surface area contributed by atoms with E-state index in [0.29, 0.717) is 23.9 Å². The molecule has 0 rings (SSSR count).